The minimum atomic E-state index is -3.37. The van der Waals surface area contributed by atoms with Gasteiger partial charge in [0.05, 0.1) is 12.4 Å². The van der Waals surface area contributed by atoms with E-state index in [2.05, 4.69) is 4.72 Å². The Hall–Kier alpha value is -0.620. The first-order chi connectivity index (χ1) is 8.57. The van der Waals surface area contributed by atoms with E-state index in [4.69, 9.17) is 11.6 Å². The first-order valence-corrected chi connectivity index (χ1v) is 7.97. The number of benzene rings is 1. The molecule has 6 heteroatoms. The van der Waals surface area contributed by atoms with Crippen LogP contribution in [0.5, 0.6) is 0 Å². The number of aliphatic hydroxyl groups excluding tert-OH is 1. The van der Waals surface area contributed by atoms with Gasteiger partial charge < -0.3 is 5.11 Å². The van der Waals surface area contributed by atoms with Crippen molar-refractivity contribution < 1.29 is 13.5 Å². The molecule has 18 heavy (non-hydrogen) atoms. The van der Waals surface area contributed by atoms with Gasteiger partial charge in [0.25, 0.3) is 0 Å². The molecule has 0 aromatic heterocycles. The molecule has 0 spiro atoms. The van der Waals surface area contributed by atoms with Crippen molar-refractivity contribution in [2.75, 3.05) is 18.2 Å². The van der Waals surface area contributed by atoms with Crippen molar-refractivity contribution in [3.63, 3.8) is 0 Å². The zero-order valence-electron chi connectivity index (χ0n) is 10.0. The van der Waals surface area contributed by atoms with Gasteiger partial charge >= 0.3 is 0 Å². The van der Waals surface area contributed by atoms with E-state index in [1.54, 1.807) is 0 Å². The van der Waals surface area contributed by atoms with Gasteiger partial charge in [-0.05, 0) is 18.4 Å². The van der Waals surface area contributed by atoms with E-state index in [0.717, 1.165) is 5.56 Å². The van der Waals surface area contributed by atoms with Crippen molar-refractivity contribution >= 4 is 21.6 Å². The highest BCUT2D eigenvalue weighted by atomic mass is 35.5. The fourth-order valence-electron chi connectivity index (χ4n) is 1.60. The molecule has 0 heterocycles. The summed E-state index contributed by atoms with van der Waals surface area (Å²) in [5.74, 6) is 0.297. The van der Waals surface area contributed by atoms with Crippen LogP contribution in [0.2, 0.25) is 0 Å². The average molecular weight is 292 g/mol. The number of rotatable bonds is 8. The number of hydrogen-bond acceptors (Lipinski definition) is 3. The normalized spacial score (nSPS) is 13.4. The van der Waals surface area contributed by atoms with Crippen LogP contribution in [0.15, 0.2) is 30.3 Å². The molecule has 0 amide bonds. The van der Waals surface area contributed by atoms with Gasteiger partial charge in [-0.2, -0.15) is 0 Å². The van der Waals surface area contributed by atoms with E-state index in [1.807, 2.05) is 30.3 Å². The van der Waals surface area contributed by atoms with Gasteiger partial charge in [-0.1, -0.05) is 30.3 Å². The summed E-state index contributed by atoms with van der Waals surface area (Å²) in [6, 6.07) is 8.96. The van der Waals surface area contributed by atoms with Crippen molar-refractivity contribution in [2.24, 2.45) is 0 Å². The summed E-state index contributed by atoms with van der Waals surface area (Å²) < 4.78 is 25.8. The second-order valence-electron chi connectivity index (χ2n) is 4.05. The van der Waals surface area contributed by atoms with Crippen molar-refractivity contribution in [3.05, 3.63) is 35.9 Å². The highest BCUT2D eigenvalue weighted by Crippen LogP contribution is 2.04. The summed E-state index contributed by atoms with van der Waals surface area (Å²) in [6.07, 6.45) is 0.873. The third-order valence-electron chi connectivity index (χ3n) is 2.44. The molecule has 0 fully saturated rings. The minimum absolute atomic E-state index is 0.0121. The molecule has 1 unspecified atom stereocenters. The van der Waals surface area contributed by atoms with Crippen LogP contribution >= 0.6 is 11.6 Å². The summed E-state index contributed by atoms with van der Waals surface area (Å²) in [4.78, 5) is 0. The summed E-state index contributed by atoms with van der Waals surface area (Å²) in [5.41, 5.74) is 0.983. The molecule has 1 rings (SSSR count). The predicted molar refractivity (Wildman–Crippen MR) is 73.3 cm³/mol. The van der Waals surface area contributed by atoms with Crippen LogP contribution in [0.3, 0.4) is 0 Å². The Labute approximate surface area is 113 Å². The molecule has 2 N–H and O–H groups in total. The molecular formula is C12H18ClNO3S. The Morgan fingerprint density at radius 2 is 1.94 bits per heavy atom. The van der Waals surface area contributed by atoms with Gasteiger partial charge in [0.1, 0.15) is 0 Å². The fraction of sp³-hybridized carbons (Fsp3) is 0.500. The number of alkyl halides is 1. The molecule has 0 saturated heterocycles. The van der Waals surface area contributed by atoms with E-state index < -0.39 is 16.1 Å². The van der Waals surface area contributed by atoms with Crippen LogP contribution in [-0.4, -0.2) is 37.8 Å². The fourth-order valence-corrected chi connectivity index (χ4v) is 3.20. The molecule has 0 aliphatic heterocycles. The molecule has 0 aliphatic carbocycles. The van der Waals surface area contributed by atoms with Gasteiger partial charge in [0.15, 0.2) is 0 Å². The van der Waals surface area contributed by atoms with Gasteiger partial charge in [-0.3, -0.25) is 0 Å². The van der Waals surface area contributed by atoms with Gasteiger partial charge in [0, 0.05) is 11.9 Å². The second-order valence-corrected chi connectivity index (χ2v) is 6.30. The summed E-state index contributed by atoms with van der Waals surface area (Å²) in [6.45, 7) is -0.227. The smallest absolute Gasteiger partial charge is 0.211 e. The quantitative estimate of drug-likeness (QED) is 0.706. The molecule has 0 radical (unpaired) electrons. The summed E-state index contributed by atoms with van der Waals surface area (Å²) in [7, 11) is -3.37. The summed E-state index contributed by atoms with van der Waals surface area (Å²) >= 11 is 5.47. The number of nitrogens with one attached hydrogen (secondary N) is 1. The molecule has 0 bridgehead atoms. The third-order valence-corrected chi connectivity index (χ3v) is 4.22. The maximum atomic E-state index is 11.7. The van der Waals surface area contributed by atoms with E-state index in [1.165, 1.54) is 0 Å². The lowest BCUT2D eigenvalue weighted by Gasteiger charge is -2.16. The van der Waals surface area contributed by atoms with Gasteiger partial charge in [-0.25, -0.2) is 13.1 Å². The number of halogens is 1. The number of aliphatic hydroxyl groups is 1. The Kier molecular flexibility index (Phi) is 6.63. The lowest BCUT2D eigenvalue weighted by atomic mass is 10.1. The van der Waals surface area contributed by atoms with Crippen molar-refractivity contribution in [3.8, 4) is 0 Å². The Morgan fingerprint density at radius 1 is 1.28 bits per heavy atom. The number of hydrogen-bond donors (Lipinski definition) is 2. The van der Waals surface area contributed by atoms with Crippen LogP contribution < -0.4 is 4.72 Å². The topological polar surface area (TPSA) is 66.4 Å². The predicted octanol–water partition coefficient (Wildman–Crippen LogP) is 1.14. The van der Waals surface area contributed by atoms with Crippen LogP contribution in [0, 0.1) is 0 Å². The number of sulfonamides is 1. The second kappa shape index (κ2) is 7.74. The molecule has 102 valence electrons. The summed E-state index contributed by atoms with van der Waals surface area (Å²) in [5, 5.41) is 9.22. The highest BCUT2D eigenvalue weighted by Gasteiger charge is 2.17. The van der Waals surface area contributed by atoms with Crippen LogP contribution in [0.1, 0.15) is 12.0 Å². The molecule has 1 aromatic carbocycles. The standard InChI is InChI=1S/C12H18ClNO3S/c13-7-4-8-18(16,17)14-12(10-15)9-11-5-2-1-3-6-11/h1-3,5-6,12,14-15H,4,7-10H2. The van der Waals surface area contributed by atoms with Crippen LogP contribution in [-0.2, 0) is 16.4 Å². The zero-order chi connectivity index (χ0) is 13.4. The van der Waals surface area contributed by atoms with Crippen molar-refractivity contribution in [1.82, 2.24) is 4.72 Å². The molecule has 0 aliphatic rings. The molecular weight excluding hydrogens is 274 g/mol. The van der Waals surface area contributed by atoms with E-state index in [0.29, 0.717) is 18.7 Å². The third kappa shape index (κ3) is 5.82. The van der Waals surface area contributed by atoms with E-state index >= 15 is 0 Å². The molecule has 0 saturated carbocycles. The van der Waals surface area contributed by atoms with E-state index in [-0.39, 0.29) is 12.4 Å². The van der Waals surface area contributed by atoms with Gasteiger partial charge in [0.2, 0.25) is 10.0 Å². The van der Waals surface area contributed by atoms with Crippen molar-refractivity contribution in [2.45, 2.75) is 18.9 Å². The average Bonchev–Trinajstić information content (AvgIpc) is 2.36. The first-order valence-electron chi connectivity index (χ1n) is 5.78. The van der Waals surface area contributed by atoms with Gasteiger partial charge in [-0.15, -0.1) is 11.6 Å². The maximum absolute atomic E-state index is 11.7. The monoisotopic (exact) mass is 291 g/mol. The Morgan fingerprint density at radius 3 is 2.50 bits per heavy atom. The molecule has 1 atom stereocenters. The molecule has 1 aromatic rings. The lowest BCUT2D eigenvalue weighted by Crippen LogP contribution is -2.40. The molecule has 4 nitrogen and oxygen atoms in total. The largest absolute Gasteiger partial charge is 0.395 e. The van der Waals surface area contributed by atoms with Crippen LogP contribution in [0.4, 0.5) is 0 Å². The lowest BCUT2D eigenvalue weighted by molar-refractivity contribution is 0.256. The first kappa shape index (κ1) is 15.4. The zero-order valence-corrected chi connectivity index (χ0v) is 11.6. The van der Waals surface area contributed by atoms with Crippen LogP contribution in [0.25, 0.3) is 0 Å². The SMILES string of the molecule is O=S(=O)(CCCCl)NC(CO)Cc1ccccc1. The minimum Gasteiger partial charge on any atom is -0.395 e. The van der Waals surface area contributed by atoms with E-state index in [9.17, 15) is 13.5 Å². The van der Waals surface area contributed by atoms with Crippen molar-refractivity contribution in [1.29, 1.82) is 0 Å². The highest BCUT2D eigenvalue weighted by molar-refractivity contribution is 7.89. The maximum Gasteiger partial charge on any atom is 0.211 e. The Bertz CT molecular complexity index is 436. The Balaban J connectivity index is 2.57.